The van der Waals surface area contributed by atoms with Crippen LogP contribution in [0.2, 0.25) is 5.02 Å². The van der Waals surface area contributed by atoms with Gasteiger partial charge in [-0.15, -0.1) is 11.3 Å². The van der Waals surface area contributed by atoms with Gasteiger partial charge in [0.2, 0.25) is 0 Å². The summed E-state index contributed by atoms with van der Waals surface area (Å²) in [5.41, 5.74) is 5.12. The molecule has 4 heteroatoms. The Balaban J connectivity index is 2.37. The average Bonchev–Trinajstić information content (AvgIpc) is 2.78. The zero-order chi connectivity index (χ0) is 11.5. The minimum atomic E-state index is 0.115. The van der Waals surface area contributed by atoms with Crippen molar-refractivity contribution < 1.29 is 0 Å². The highest BCUT2D eigenvalue weighted by Gasteiger charge is 2.14. The minimum Gasteiger partial charge on any atom is -0.308 e. The number of thiazole rings is 1. The summed E-state index contributed by atoms with van der Waals surface area (Å²) in [6.45, 7) is 2.00. The molecule has 0 aliphatic rings. The molecular formula is C12H13ClN2S. The van der Waals surface area contributed by atoms with Crippen molar-refractivity contribution in [3.05, 3.63) is 50.9 Å². The Morgan fingerprint density at radius 3 is 2.81 bits per heavy atom. The van der Waals surface area contributed by atoms with Gasteiger partial charge in [-0.3, -0.25) is 0 Å². The van der Waals surface area contributed by atoms with Gasteiger partial charge in [0.15, 0.2) is 0 Å². The highest BCUT2D eigenvalue weighted by Crippen LogP contribution is 2.25. The number of hydrogen-bond acceptors (Lipinski definition) is 3. The van der Waals surface area contributed by atoms with Gasteiger partial charge in [0.25, 0.3) is 0 Å². The first-order valence-electron chi connectivity index (χ1n) is 5.03. The fourth-order valence-corrected chi connectivity index (χ4v) is 2.41. The van der Waals surface area contributed by atoms with Gasteiger partial charge < -0.3 is 5.32 Å². The van der Waals surface area contributed by atoms with Crippen LogP contribution in [0, 0.1) is 6.92 Å². The monoisotopic (exact) mass is 252 g/mol. The van der Waals surface area contributed by atoms with E-state index in [9.17, 15) is 0 Å². The number of benzene rings is 1. The van der Waals surface area contributed by atoms with E-state index in [0.29, 0.717) is 0 Å². The number of aryl methyl sites for hydroxylation is 1. The Bertz CT molecular complexity index is 468. The number of nitrogens with one attached hydrogen (secondary N) is 1. The van der Waals surface area contributed by atoms with Gasteiger partial charge in [-0.05, 0) is 31.2 Å². The molecule has 1 aromatic heterocycles. The fourth-order valence-electron chi connectivity index (χ4n) is 1.64. The molecule has 1 heterocycles. The second kappa shape index (κ2) is 4.95. The summed E-state index contributed by atoms with van der Waals surface area (Å²) in [5.74, 6) is 0. The largest absolute Gasteiger partial charge is 0.308 e. The smallest absolute Gasteiger partial charge is 0.0795 e. The quantitative estimate of drug-likeness (QED) is 0.906. The Morgan fingerprint density at radius 1 is 1.44 bits per heavy atom. The summed E-state index contributed by atoms with van der Waals surface area (Å²) < 4.78 is 0. The van der Waals surface area contributed by atoms with Crippen molar-refractivity contribution in [1.82, 2.24) is 10.3 Å². The van der Waals surface area contributed by atoms with E-state index < -0.39 is 0 Å². The predicted octanol–water partition coefficient (Wildman–Crippen LogP) is 3.41. The maximum atomic E-state index is 6.13. The van der Waals surface area contributed by atoms with Crippen LogP contribution >= 0.6 is 22.9 Å². The summed E-state index contributed by atoms with van der Waals surface area (Å²) in [4.78, 5) is 4.33. The lowest BCUT2D eigenvalue weighted by Crippen LogP contribution is -2.17. The predicted molar refractivity (Wildman–Crippen MR) is 69.2 cm³/mol. The maximum Gasteiger partial charge on any atom is 0.0795 e. The van der Waals surface area contributed by atoms with E-state index in [1.165, 1.54) is 0 Å². The van der Waals surface area contributed by atoms with Crippen LogP contribution in [0.15, 0.2) is 29.1 Å². The average molecular weight is 253 g/mol. The van der Waals surface area contributed by atoms with Crippen molar-refractivity contribution in [1.29, 1.82) is 0 Å². The molecule has 0 saturated carbocycles. The van der Waals surface area contributed by atoms with E-state index in [1.807, 2.05) is 31.6 Å². The molecule has 0 radical (unpaired) electrons. The summed E-state index contributed by atoms with van der Waals surface area (Å²) in [5, 5.41) is 6.10. The molecule has 0 aliphatic carbocycles. The number of rotatable bonds is 3. The van der Waals surface area contributed by atoms with Crippen LogP contribution in [0.3, 0.4) is 0 Å². The van der Waals surface area contributed by atoms with Gasteiger partial charge in [-0.25, -0.2) is 4.98 Å². The van der Waals surface area contributed by atoms with Crippen LogP contribution in [0.25, 0.3) is 0 Å². The lowest BCUT2D eigenvalue weighted by molar-refractivity contribution is 0.675. The fraction of sp³-hybridized carbons (Fsp3) is 0.250. The number of hydrogen-bond donors (Lipinski definition) is 1. The van der Waals surface area contributed by atoms with Crippen molar-refractivity contribution in [2.45, 2.75) is 13.0 Å². The first-order valence-corrected chi connectivity index (χ1v) is 6.36. The Kier molecular flexibility index (Phi) is 3.59. The third kappa shape index (κ3) is 2.26. The second-order valence-corrected chi connectivity index (χ2v) is 4.77. The van der Waals surface area contributed by atoms with Gasteiger partial charge in [-0.1, -0.05) is 23.7 Å². The van der Waals surface area contributed by atoms with Crippen LogP contribution in [-0.2, 0) is 0 Å². The van der Waals surface area contributed by atoms with Crippen molar-refractivity contribution >= 4 is 22.9 Å². The molecule has 0 amide bonds. The number of nitrogens with zero attached hydrogens (tertiary/aromatic N) is 1. The summed E-state index contributed by atoms with van der Waals surface area (Å²) in [6, 6.07) is 6.23. The second-order valence-electron chi connectivity index (χ2n) is 3.64. The van der Waals surface area contributed by atoms with E-state index in [2.05, 4.69) is 21.7 Å². The van der Waals surface area contributed by atoms with Gasteiger partial charge >= 0.3 is 0 Å². The highest BCUT2D eigenvalue weighted by molar-refractivity contribution is 7.07. The normalized spacial score (nSPS) is 12.7. The molecule has 2 rings (SSSR count). The molecule has 2 nitrogen and oxygen atoms in total. The molecular weight excluding hydrogens is 240 g/mol. The number of aromatic nitrogens is 1. The molecule has 2 aromatic rings. The van der Waals surface area contributed by atoms with E-state index in [1.54, 1.807) is 11.3 Å². The Morgan fingerprint density at radius 2 is 2.25 bits per heavy atom. The topological polar surface area (TPSA) is 24.9 Å². The molecule has 0 fully saturated rings. The Hall–Kier alpha value is -0.900. The van der Waals surface area contributed by atoms with Crippen LogP contribution in [0.5, 0.6) is 0 Å². The molecule has 1 unspecified atom stereocenters. The molecule has 0 saturated heterocycles. The van der Waals surface area contributed by atoms with Crippen molar-refractivity contribution in [3.8, 4) is 0 Å². The molecule has 1 atom stereocenters. The lowest BCUT2D eigenvalue weighted by atomic mass is 10.0. The third-order valence-corrected chi connectivity index (χ3v) is 3.58. The first kappa shape index (κ1) is 11.6. The molecule has 0 aliphatic heterocycles. The van der Waals surface area contributed by atoms with Gasteiger partial charge in [-0.2, -0.15) is 0 Å². The zero-order valence-corrected chi connectivity index (χ0v) is 10.8. The highest BCUT2D eigenvalue weighted by atomic mass is 35.5. The standard InChI is InChI=1S/C12H13ClN2S/c1-8-3-4-9(5-10(8)13)12(14-2)11-6-16-7-15-11/h3-7,12,14H,1-2H3. The number of halogens is 1. The molecule has 16 heavy (non-hydrogen) atoms. The van der Waals surface area contributed by atoms with Crippen molar-refractivity contribution in [2.75, 3.05) is 7.05 Å². The zero-order valence-electron chi connectivity index (χ0n) is 9.20. The SMILES string of the molecule is CNC(c1ccc(C)c(Cl)c1)c1cscn1. The van der Waals surface area contributed by atoms with E-state index in [4.69, 9.17) is 11.6 Å². The lowest BCUT2D eigenvalue weighted by Gasteiger charge is -2.15. The maximum absolute atomic E-state index is 6.13. The summed E-state index contributed by atoms with van der Waals surface area (Å²) in [7, 11) is 1.93. The first-order chi connectivity index (χ1) is 7.72. The minimum absolute atomic E-state index is 0.115. The summed E-state index contributed by atoms with van der Waals surface area (Å²) in [6.07, 6.45) is 0. The van der Waals surface area contributed by atoms with Gasteiger partial charge in [0, 0.05) is 10.4 Å². The molecule has 0 spiro atoms. The van der Waals surface area contributed by atoms with Crippen LogP contribution in [-0.4, -0.2) is 12.0 Å². The molecule has 1 N–H and O–H groups in total. The third-order valence-electron chi connectivity index (χ3n) is 2.57. The summed E-state index contributed by atoms with van der Waals surface area (Å²) >= 11 is 7.73. The van der Waals surface area contributed by atoms with Gasteiger partial charge in [0.05, 0.1) is 17.2 Å². The van der Waals surface area contributed by atoms with Crippen LogP contribution in [0.1, 0.15) is 22.9 Å². The molecule has 0 bridgehead atoms. The van der Waals surface area contributed by atoms with Crippen molar-refractivity contribution in [2.24, 2.45) is 0 Å². The van der Waals surface area contributed by atoms with Crippen LogP contribution in [0.4, 0.5) is 0 Å². The van der Waals surface area contributed by atoms with Crippen LogP contribution < -0.4 is 5.32 Å². The van der Waals surface area contributed by atoms with E-state index in [-0.39, 0.29) is 6.04 Å². The molecule has 84 valence electrons. The van der Waals surface area contributed by atoms with E-state index in [0.717, 1.165) is 21.8 Å². The molecule has 1 aromatic carbocycles. The van der Waals surface area contributed by atoms with Crippen molar-refractivity contribution in [3.63, 3.8) is 0 Å². The Labute approximate surface area is 104 Å². The van der Waals surface area contributed by atoms with Gasteiger partial charge in [0.1, 0.15) is 0 Å². The van der Waals surface area contributed by atoms with E-state index >= 15 is 0 Å².